The fourth-order valence-corrected chi connectivity index (χ4v) is 5.83. The van der Waals surface area contributed by atoms with Crippen LogP contribution >= 0.6 is 0 Å². The Kier molecular flexibility index (Phi) is 9.70. The number of aliphatic hydroxyl groups is 5. The van der Waals surface area contributed by atoms with Crippen molar-refractivity contribution in [2.24, 2.45) is 11.8 Å². The molecule has 8 atom stereocenters. The highest BCUT2D eigenvalue weighted by Gasteiger charge is 2.46. The molecule has 1 aliphatic carbocycles. The van der Waals surface area contributed by atoms with Crippen LogP contribution in [0.2, 0.25) is 0 Å². The molecule has 0 amide bonds. The highest BCUT2D eigenvalue weighted by Crippen LogP contribution is 2.54. The van der Waals surface area contributed by atoms with Gasteiger partial charge in [-0.3, -0.25) is 0 Å². The van der Waals surface area contributed by atoms with Gasteiger partial charge in [0, 0.05) is 18.1 Å². The Balaban J connectivity index is 1.85. The van der Waals surface area contributed by atoms with Gasteiger partial charge in [0.2, 0.25) is 11.5 Å². The van der Waals surface area contributed by atoms with Crippen LogP contribution in [-0.2, 0) is 15.9 Å². The molecule has 0 saturated carbocycles. The molecule has 4 rings (SSSR count). The van der Waals surface area contributed by atoms with Gasteiger partial charge in [-0.15, -0.1) is 0 Å². The first-order chi connectivity index (χ1) is 19.6. The lowest BCUT2D eigenvalue weighted by atomic mass is 9.66. The summed E-state index contributed by atoms with van der Waals surface area (Å²) in [5.41, 5.74) is 1.88. The van der Waals surface area contributed by atoms with Crippen LogP contribution in [0.25, 0.3) is 0 Å². The van der Waals surface area contributed by atoms with Gasteiger partial charge in [0.05, 0.1) is 41.7 Å². The number of phenolic OH excluding ortho intramolecular Hbond substituents is 2. The van der Waals surface area contributed by atoms with E-state index in [1.54, 1.807) is 18.2 Å². The van der Waals surface area contributed by atoms with E-state index >= 15 is 0 Å². The molecule has 0 aromatic heterocycles. The number of methoxy groups -OCH3 is 4. The summed E-state index contributed by atoms with van der Waals surface area (Å²) in [6, 6.07) is 4.88. The van der Waals surface area contributed by atoms with Crippen molar-refractivity contribution in [2.45, 2.75) is 43.0 Å². The Morgan fingerprint density at radius 2 is 1.39 bits per heavy atom. The lowest BCUT2D eigenvalue weighted by molar-refractivity contribution is -0.304. The van der Waals surface area contributed by atoms with Crippen molar-refractivity contribution in [3.63, 3.8) is 0 Å². The molecule has 0 bridgehead atoms. The van der Waals surface area contributed by atoms with E-state index in [1.165, 1.54) is 28.4 Å². The summed E-state index contributed by atoms with van der Waals surface area (Å²) in [4.78, 5) is 0. The number of aromatic hydroxyl groups is 2. The van der Waals surface area contributed by atoms with Crippen LogP contribution in [0.3, 0.4) is 0 Å². The molecule has 1 fully saturated rings. The first-order valence-electron chi connectivity index (χ1n) is 13.1. The van der Waals surface area contributed by atoms with Gasteiger partial charge in [-0.1, -0.05) is 0 Å². The lowest BCUT2D eigenvalue weighted by Crippen LogP contribution is -2.59. The highest BCUT2D eigenvalue weighted by atomic mass is 16.7. The Labute approximate surface area is 237 Å². The minimum absolute atomic E-state index is 0.123. The van der Waals surface area contributed by atoms with E-state index in [0.717, 1.165) is 5.56 Å². The molecular weight excluding hydrogens is 544 g/mol. The van der Waals surface area contributed by atoms with Crippen molar-refractivity contribution in [1.82, 2.24) is 0 Å². The monoisotopic (exact) mass is 582 g/mol. The first-order valence-corrected chi connectivity index (χ1v) is 13.1. The van der Waals surface area contributed by atoms with E-state index in [4.69, 9.17) is 28.4 Å². The van der Waals surface area contributed by atoms with E-state index in [9.17, 15) is 35.7 Å². The van der Waals surface area contributed by atoms with E-state index in [1.807, 2.05) is 0 Å². The lowest BCUT2D eigenvalue weighted by Gasteiger charge is -2.43. The molecular formula is C28H38O13. The maximum Gasteiger partial charge on any atom is 0.201 e. The molecule has 13 nitrogen and oxygen atoms in total. The average molecular weight is 583 g/mol. The molecule has 1 heterocycles. The van der Waals surface area contributed by atoms with Crippen LogP contribution in [-0.4, -0.2) is 115 Å². The number of ether oxygens (including phenoxy) is 6. The Morgan fingerprint density at radius 1 is 0.780 bits per heavy atom. The van der Waals surface area contributed by atoms with Gasteiger partial charge in [-0.25, -0.2) is 0 Å². The third kappa shape index (κ3) is 5.58. The second-order valence-electron chi connectivity index (χ2n) is 10.1. The molecule has 1 saturated heterocycles. The standard InChI is InChI=1S/C28H38O13/c1-36-16-7-13(8-17(37-2)22(16)31)20-15(11-40-28-26(35)25(34)23(32)19(10-30)41-28)14(9-29)5-12-6-18(38-3)24(33)27(39-4)21(12)20/h6-8,14-15,19-20,23,25-26,28-35H,5,9-11H2,1-4H3/t14-,15-,19?,20+,23?,25?,26?,28?/m0/s1. The molecule has 228 valence electrons. The van der Waals surface area contributed by atoms with Crippen LogP contribution in [0, 0.1) is 11.8 Å². The summed E-state index contributed by atoms with van der Waals surface area (Å²) in [7, 11) is 5.60. The van der Waals surface area contributed by atoms with Gasteiger partial charge in [0.25, 0.3) is 0 Å². The third-order valence-corrected chi connectivity index (χ3v) is 7.99. The fourth-order valence-electron chi connectivity index (χ4n) is 5.83. The topological polar surface area (TPSA) is 197 Å². The van der Waals surface area contributed by atoms with Crippen molar-refractivity contribution in [2.75, 3.05) is 48.3 Å². The number of aliphatic hydroxyl groups excluding tert-OH is 5. The minimum atomic E-state index is -1.63. The van der Waals surface area contributed by atoms with E-state index < -0.39 is 55.1 Å². The number of fused-ring (bicyclic) bond motifs is 1. The second-order valence-corrected chi connectivity index (χ2v) is 10.1. The zero-order chi connectivity index (χ0) is 30.0. The molecule has 2 aromatic carbocycles. The Bertz CT molecular complexity index is 1180. The number of hydrogen-bond donors (Lipinski definition) is 7. The molecule has 0 spiro atoms. The van der Waals surface area contributed by atoms with Gasteiger partial charge < -0.3 is 64.2 Å². The van der Waals surface area contributed by atoms with Crippen molar-refractivity contribution in [3.8, 4) is 34.5 Å². The Hall–Kier alpha value is -3.04. The summed E-state index contributed by atoms with van der Waals surface area (Å²) in [6.45, 7) is -1.02. The van der Waals surface area contributed by atoms with Crippen LogP contribution in [0.15, 0.2) is 18.2 Å². The molecule has 1 aliphatic heterocycles. The number of benzene rings is 2. The maximum atomic E-state index is 11.0. The molecule has 7 N–H and O–H groups in total. The fraction of sp³-hybridized carbons (Fsp3) is 0.571. The van der Waals surface area contributed by atoms with Crippen LogP contribution < -0.4 is 18.9 Å². The summed E-state index contributed by atoms with van der Waals surface area (Å²) in [5.74, 6) is -1.51. The van der Waals surface area contributed by atoms with Crippen LogP contribution in [0.4, 0.5) is 0 Å². The van der Waals surface area contributed by atoms with Gasteiger partial charge in [0.15, 0.2) is 29.3 Å². The molecule has 0 radical (unpaired) electrons. The van der Waals surface area contributed by atoms with Crippen molar-refractivity contribution in [3.05, 3.63) is 34.9 Å². The first kappa shape index (κ1) is 30.9. The van der Waals surface area contributed by atoms with Gasteiger partial charge >= 0.3 is 0 Å². The summed E-state index contributed by atoms with van der Waals surface area (Å²) in [6.07, 6.45) is -7.02. The quantitative estimate of drug-likeness (QED) is 0.196. The van der Waals surface area contributed by atoms with E-state index in [0.29, 0.717) is 17.5 Å². The number of hydrogen-bond acceptors (Lipinski definition) is 13. The smallest absolute Gasteiger partial charge is 0.201 e. The predicted octanol–water partition coefficient (Wildman–Crippen LogP) is -0.139. The van der Waals surface area contributed by atoms with Crippen LogP contribution in [0.1, 0.15) is 22.6 Å². The zero-order valence-electron chi connectivity index (χ0n) is 23.3. The molecule has 13 heteroatoms. The SMILES string of the molecule is COc1cc([C@H]2c3c(cc(OC)c(O)c3OC)C[C@@H](CO)[C@@H]2COC2OC(CO)C(O)C(O)C2O)cc(OC)c1O. The van der Waals surface area contributed by atoms with Crippen LogP contribution in [0.5, 0.6) is 34.5 Å². The predicted molar refractivity (Wildman–Crippen MR) is 142 cm³/mol. The number of phenols is 2. The van der Waals surface area contributed by atoms with Crippen molar-refractivity contribution < 1.29 is 64.2 Å². The normalized spacial score (nSPS) is 29.5. The van der Waals surface area contributed by atoms with Crippen molar-refractivity contribution in [1.29, 1.82) is 0 Å². The molecule has 41 heavy (non-hydrogen) atoms. The largest absolute Gasteiger partial charge is 0.502 e. The molecule has 5 unspecified atom stereocenters. The zero-order valence-corrected chi connectivity index (χ0v) is 23.3. The summed E-state index contributed by atoms with van der Waals surface area (Å²) >= 11 is 0. The maximum absolute atomic E-state index is 11.0. The minimum Gasteiger partial charge on any atom is -0.502 e. The number of rotatable bonds is 10. The van der Waals surface area contributed by atoms with Crippen molar-refractivity contribution >= 4 is 0 Å². The van der Waals surface area contributed by atoms with E-state index in [2.05, 4.69) is 0 Å². The highest BCUT2D eigenvalue weighted by molar-refractivity contribution is 5.64. The summed E-state index contributed by atoms with van der Waals surface area (Å²) < 4.78 is 33.3. The molecule has 2 aromatic rings. The second kappa shape index (κ2) is 12.9. The van der Waals surface area contributed by atoms with E-state index in [-0.39, 0.29) is 47.7 Å². The van der Waals surface area contributed by atoms with Gasteiger partial charge in [0.1, 0.15) is 24.4 Å². The molecule has 2 aliphatic rings. The third-order valence-electron chi connectivity index (χ3n) is 7.99. The van der Waals surface area contributed by atoms with Gasteiger partial charge in [-0.05, 0) is 47.6 Å². The summed E-state index contributed by atoms with van der Waals surface area (Å²) in [5, 5.41) is 72.6. The Morgan fingerprint density at radius 3 is 1.93 bits per heavy atom. The average Bonchev–Trinajstić information content (AvgIpc) is 2.98. The van der Waals surface area contributed by atoms with Gasteiger partial charge in [-0.2, -0.15) is 0 Å².